The molecule has 0 unspecified atom stereocenters. The summed E-state index contributed by atoms with van der Waals surface area (Å²) in [5.74, 6) is 1.53. The Kier molecular flexibility index (Phi) is 1.90. The van der Waals surface area contributed by atoms with Crippen molar-refractivity contribution in [3.8, 4) is 6.07 Å². The summed E-state index contributed by atoms with van der Waals surface area (Å²) in [6, 6.07) is 10.3. The molecule has 1 aromatic carbocycles. The van der Waals surface area contributed by atoms with Gasteiger partial charge in [-0.25, -0.2) is 0 Å². The van der Waals surface area contributed by atoms with E-state index < -0.39 is 0 Å². The monoisotopic (exact) mass is 218 g/mol. The van der Waals surface area contributed by atoms with Gasteiger partial charge >= 0.3 is 0 Å². The zero-order valence-corrected chi connectivity index (χ0v) is 8.98. The molecule has 1 aliphatic carbocycles. The summed E-state index contributed by atoms with van der Waals surface area (Å²) >= 11 is 5.95. The van der Waals surface area contributed by atoms with Crippen LogP contribution in [-0.4, -0.2) is 13.1 Å². The normalized spacial score (nSPS) is 32.3. The highest BCUT2D eigenvalue weighted by atomic mass is 35.5. The summed E-state index contributed by atoms with van der Waals surface area (Å²) in [5, 5.41) is 9.61. The van der Waals surface area contributed by atoms with Crippen molar-refractivity contribution in [2.24, 2.45) is 17.8 Å². The van der Waals surface area contributed by atoms with E-state index in [1.54, 1.807) is 0 Å². The second-order valence-electron chi connectivity index (χ2n) is 4.37. The number of halogens is 1. The van der Waals surface area contributed by atoms with Crippen LogP contribution in [0.15, 0.2) is 24.3 Å². The molecule has 3 heteroatoms. The van der Waals surface area contributed by atoms with Gasteiger partial charge in [-0.1, -0.05) is 17.7 Å². The van der Waals surface area contributed by atoms with E-state index in [0.29, 0.717) is 17.8 Å². The third-order valence-corrected chi connectivity index (χ3v) is 3.75. The highest BCUT2D eigenvalue weighted by Crippen LogP contribution is 2.52. The van der Waals surface area contributed by atoms with Crippen molar-refractivity contribution < 1.29 is 0 Å². The Morgan fingerprint density at radius 3 is 2.67 bits per heavy atom. The van der Waals surface area contributed by atoms with Crippen molar-refractivity contribution in [2.45, 2.75) is 0 Å². The fourth-order valence-corrected chi connectivity index (χ4v) is 2.79. The summed E-state index contributed by atoms with van der Waals surface area (Å²) in [6.45, 7) is 2.03. The van der Waals surface area contributed by atoms with E-state index in [4.69, 9.17) is 16.9 Å². The second-order valence-corrected chi connectivity index (χ2v) is 4.80. The van der Waals surface area contributed by atoms with Crippen LogP contribution in [0.5, 0.6) is 0 Å². The molecular weight excluding hydrogens is 208 g/mol. The molecule has 15 heavy (non-hydrogen) atoms. The molecule has 0 N–H and O–H groups in total. The lowest BCUT2D eigenvalue weighted by atomic mass is 10.2. The molecule has 1 aromatic rings. The van der Waals surface area contributed by atoms with E-state index in [1.165, 1.54) is 5.69 Å². The first-order valence-electron chi connectivity index (χ1n) is 5.20. The molecule has 0 amide bonds. The fraction of sp³-hybridized carbons (Fsp3) is 0.417. The largest absolute Gasteiger partial charge is 0.371 e. The van der Waals surface area contributed by atoms with Crippen LogP contribution in [-0.2, 0) is 0 Å². The number of hydrogen-bond acceptors (Lipinski definition) is 2. The Balaban J connectivity index is 1.75. The van der Waals surface area contributed by atoms with Gasteiger partial charge in [0, 0.05) is 23.8 Å². The Morgan fingerprint density at radius 2 is 2.07 bits per heavy atom. The van der Waals surface area contributed by atoms with Gasteiger partial charge in [0.15, 0.2) is 0 Å². The van der Waals surface area contributed by atoms with E-state index in [9.17, 15) is 0 Å². The lowest BCUT2D eigenvalue weighted by Crippen LogP contribution is -2.23. The quantitative estimate of drug-likeness (QED) is 0.725. The maximum atomic E-state index is 8.82. The van der Waals surface area contributed by atoms with Gasteiger partial charge in [-0.05, 0) is 30.0 Å². The Labute approximate surface area is 94.1 Å². The Hall–Kier alpha value is -1.20. The van der Waals surface area contributed by atoms with Gasteiger partial charge in [-0.2, -0.15) is 5.26 Å². The van der Waals surface area contributed by atoms with Gasteiger partial charge in [0.1, 0.15) is 0 Å². The van der Waals surface area contributed by atoms with Crippen LogP contribution >= 0.6 is 11.6 Å². The molecule has 0 radical (unpaired) electrons. The van der Waals surface area contributed by atoms with Gasteiger partial charge in [0.25, 0.3) is 0 Å². The van der Waals surface area contributed by atoms with Gasteiger partial charge < -0.3 is 4.90 Å². The van der Waals surface area contributed by atoms with Gasteiger partial charge in [0.05, 0.1) is 12.0 Å². The summed E-state index contributed by atoms with van der Waals surface area (Å²) in [6.07, 6.45) is 0. The molecule has 2 fully saturated rings. The Morgan fingerprint density at radius 1 is 1.33 bits per heavy atom. The number of rotatable bonds is 1. The Bertz CT molecular complexity index is 425. The average Bonchev–Trinajstić information content (AvgIpc) is 2.70. The van der Waals surface area contributed by atoms with Crippen LogP contribution in [0, 0.1) is 29.1 Å². The average molecular weight is 219 g/mol. The number of anilines is 1. The van der Waals surface area contributed by atoms with E-state index in [0.717, 1.165) is 18.1 Å². The van der Waals surface area contributed by atoms with Crippen molar-refractivity contribution in [3.05, 3.63) is 29.3 Å². The first kappa shape index (κ1) is 9.06. The van der Waals surface area contributed by atoms with Crippen LogP contribution < -0.4 is 4.90 Å². The third-order valence-electron chi connectivity index (χ3n) is 3.52. The molecular formula is C12H11ClN2. The summed E-state index contributed by atoms with van der Waals surface area (Å²) in [7, 11) is 0. The number of nitrogens with zero attached hydrogens (tertiary/aromatic N) is 2. The van der Waals surface area contributed by atoms with Crippen molar-refractivity contribution >= 4 is 17.3 Å². The van der Waals surface area contributed by atoms with E-state index in [2.05, 4.69) is 17.0 Å². The van der Waals surface area contributed by atoms with Crippen LogP contribution in [0.4, 0.5) is 5.69 Å². The molecule has 1 heterocycles. The van der Waals surface area contributed by atoms with Crippen molar-refractivity contribution in [2.75, 3.05) is 18.0 Å². The summed E-state index contributed by atoms with van der Waals surface area (Å²) in [5.41, 5.74) is 1.19. The molecule has 76 valence electrons. The van der Waals surface area contributed by atoms with Crippen LogP contribution in [0.1, 0.15) is 0 Å². The maximum absolute atomic E-state index is 8.82. The minimum atomic E-state index is 0.320. The lowest BCUT2D eigenvalue weighted by Gasteiger charge is -2.20. The molecule has 1 aliphatic heterocycles. The SMILES string of the molecule is N#C[C@H]1[C@H]2CN(c3cccc(Cl)c3)C[C@@H]12. The number of piperidine rings is 1. The van der Waals surface area contributed by atoms with E-state index in [1.807, 2.05) is 18.2 Å². The van der Waals surface area contributed by atoms with E-state index >= 15 is 0 Å². The van der Waals surface area contributed by atoms with Crippen LogP contribution in [0.25, 0.3) is 0 Å². The van der Waals surface area contributed by atoms with Crippen molar-refractivity contribution in [1.29, 1.82) is 5.26 Å². The lowest BCUT2D eigenvalue weighted by molar-refractivity contribution is 0.744. The number of hydrogen-bond donors (Lipinski definition) is 0. The molecule has 0 aromatic heterocycles. The number of benzene rings is 1. The molecule has 0 spiro atoms. The minimum Gasteiger partial charge on any atom is -0.371 e. The van der Waals surface area contributed by atoms with Crippen LogP contribution in [0.2, 0.25) is 5.02 Å². The first-order chi connectivity index (χ1) is 7.29. The predicted molar refractivity (Wildman–Crippen MR) is 59.7 cm³/mol. The zero-order valence-electron chi connectivity index (χ0n) is 8.23. The van der Waals surface area contributed by atoms with Crippen molar-refractivity contribution in [3.63, 3.8) is 0 Å². The van der Waals surface area contributed by atoms with Gasteiger partial charge in [-0.3, -0.25) is 0 Å². The fourth-order valence-electron chi connectivity index (χ4n) is 2.60. The molecule has 1 saturated carbocycles. The molecule has 1 saturated heterocycles. The third kappa shape index (κ3) is 1.39. The molecule has 3 atom stereocenters. The standard InChI is InChI=1S/C12H11ClN2/c13-8-2-1-3-9(4-8)15-6-11-10(5-14)12(11)7-15/h1-4,10-12H,6-7H2/t10-,11+,12-. The zero-order chi connectivity index (χ0) is 10.4. The molecule has 0 bridgehead atoms. The first-order valence-corrected chi connectivity index (χ1v) is 5.57. The van der Waals surface area contributed by atoms with Crippen LogP contribution in [0.3, 0.4) is 0 Å². The maximum Gasteiger partial charge on any atom is 0.0663 e. The molecule has 3 rings (SSSR count). The highest BCUT2D eigenvalue weighted by Gasteiger charge is 2.56. The smallest absolute Gasteiger partial charge is 0.0663 e. The number of fused-ring (bicyclic) bond motifs is 1. The molecule has 2 nitrogen and oxygen atoms in total. The molecule has 2 aliphatic rings. The number of nitriles is 1. The van der Waals surface area contributed by atoms with Gasteiger partial charge in [-0.15, -0.1) is 0 Å². The van der Waals surface area contributed by atoms with Gasteiger partial charge in [0.2, 0.25) is 0 Å². The summed E-state index contributed by atoms with van der Waals surface area (Å²) < 4.78 is 0. The van der Waals surface area contributed by atoms with Crippen molar-refractivity contribution in [1.82, 2.24) is 0 Å². The predicted octanol–water partition coefficient (Wildman–Crippen LogP) is 2.55. The highest BCUT2D eigenvalue weighted by molar-refractivity contribution is 6.30. The van der Waals surface area contributed by atoms with E-state index in [-0.39, 0.29) is 0 Å². The minimum absolute atomic E-state index is 0.320. The second kappa shape index (κ2) is 3.15. The summed E-state index contributed by atoms with van der Waals surface area (Å²) in [4.78, 5) is 2.33. The topological polar surface area (TPSA) is 27.0 Å².